The number of fused-ring (bicyclic) bond motifs is 3. The van der Waals surface area contributed by atoms with E-state index in [0.717, 1.165) is 5.57 Å². The third kappa shape index (κ3) is 3.32. The van der Waals surface area contributed by atoms with Gasteiger partial charge in [-0.15, -0.1) is 0 Å². The Morgan fingerprint density at radius 3 is 2.55 bits per heavy atom. The molecule has 0 aromatic carbocycles. The summed E-state index contributed by atoms with van der Waals surface area (Å²) in [5, 5.41) is 0. The Kier molecular flexibility index (Phi) is 5.28. The number of hydrogen-bond donors (Lipinski definition) is 0. The highest BCUT2D eigenvalue weighted by molar-refractivity contribution is 5.98. The van der Waals surface area contributed by atoms with Gasteiger partial charge in [-0.2, -0.15) is 0 Å². The van der Waals surface area contributed by atoms with E-state index in [4.69, 9.17) is 14.2 Å². The van der Waals surface area contributed by atoms with Crippen LogP contribution in [-0.4, -0.2) is 41.5 Å². The number of hydrogen-bond acceptors (Lipinski definition) is 7. The van der Waals surface area contributed by atoms with Crippen molar-refractivity contribution < 1.29 is 33.4 Å². The van der Waals surface area contributed by atoms with E-state index >= 15 is 0 Å². The summed E-state index contributed by atoms with van der Waals surface area (Å²) in [5.74, 6) is -3.74. The second-order valence-corrected chi connectivity index (χ2v) is 8.17. The first kappa shape index (κ1) is 21.0. The molecule has 0 amide bonds. The molecule has 0 aromatic heterocycles. The fourth-order valence-corrected chi connectivity index (χ4v) is 4.72. The van der Waals surface area contributed by atoms with Crippen LogP contribution in [0.4, 0.5) is 0 Å². The molecule has 29 heavy (non-hydrogen) atoms. The standard InChI is InChI=1S/C22H26O7/c1-7-10(2)20(25)29-22(6)18-15(27-13(5)23)9-12(4)16-14(24)8-11(3)17(16)19(18)28-21(22)26/h7-8,15-19H,4,9H2,1-3,5-6H3. The van der Waals surface area contributed by atoms with Gasteiger partial charge in [-0.05, 0) is 33.8 Å². The first-order valence-electron chi connectivity index (χ1n) is 9.65. The van der Waals surface area contributed by atoms with Crippen molar-refractivity contribution in [3.8, 4) is 0 Å². The smallest absolute Gasteiger partial charge is 0.351 e. The molecule has 0 spiro atoms. The third-order valence-corrected chi connectivity index (χ3v) is 6.23. The number of esters is 3. The lowest BCUT2D eigenvalue weighted by Crippen LogP contribution is -2.50. The van der Waals surface area contributed by atoms with Crippen LogP contribution >= 0.6 is 0 Å². The molecule has 7 heteroatoms. The Labute approximate surface area is 169 Å². The van der Waals surface area contributed by atoms with Gasteiger partial charge in [0.05, 0.1) is 11.8 Å². The van der Waals surface area contributed by atoms with Crippen molar-refractivity contribution >= 4 is 23.7 Å². The summed E-state index contributed by atoms with van der Waals surface area (Å²) >= 11 is 0. The van der Waals surface area contributed by atoms with E-state index in [2.05, 4.69) is 6.58 Å². The number of rotatable bonds is 3. The van der Waals surface area contributed by atoms with Crippen LogP contribution in [0.1, 0.15) is 41.0 Å². The van der Waals surface area contributed by atoms with E-state index in [1.807, 2.05) is 0 Å². The average molecular weight is 402 g/mol. The van der Waals surface area contributed by atoms with E-state index in [1.54, 1.807) is 32.9 Å². The number of carbonyl (C=O) groups excluding carboxylic acids is 4. The molecular formula is C22H26O7. The highest BCUT2D eigenvalue weighted by atomic mass is 16.6. The molecule has 1 heterocycles. The summed E-state index contributed by atoms with van der Waals surface area (Å²) in [6.07, 6.45) is 1.72. The zero-order valence-electron chi connectivity index (χ0n) is 17.3. The van der Waals surface area contributed by atoms with E-state index < -0.39 is 53.5 Å². The van der Waals surface area contributed by atoms with Gasteiger partial charge >= 0.3 is 17.9 Å². The third-order valence-electron chi connectivity index (χ3n) is 6.23. The summed E-state index contributed by atoms with van der Waals surface area (Å²) < 4.78 is 16.9. The fourth-order valence-electron chi connectivity index (χ4n) is 4.72. The molecule has 0 radical (unpaired) electrons. The number of carbonyl (C=O) groups is 4. The van der Waals surface area contributed by atoms with Gasteiger partial charge < -0.3 is 14.2 Å². The van der Waals surface area contributed by atoms with Gasteiger partial charge in [-0.3, -0.25) is 9.59 Å². The largest absolute Gasteiger partial charge is 0.462 e. The van der Waals surface area contributed by atoms with Gasteiger partial charge in [0.2, 0.25) is 5.60 Å². The molecule has 2 fully saturated rings. The predicted octanol–water partition coefficient (Wildman–Crippen LogP) is 2.45. The highest BCUT2D eigenvalue weighted by Gasteiger charge is 2.66. The molecule has 156 valence electrons. The van der Waals surface area contributed by atoms with Crippen molar-refractivity contribution in [2.75, 3.05) is 0 Å². The molecule has 3 rings (SSSR count). The molecule has 1 saturated heterocycles. The molecular weight excluding hydrogens is 376 g/mol. The van der Waals surface area contributed by atoms with E-state index in [0.29, 0.717) is 11.1 Å². The first-order valence-corrected chi connectivity index (χ1v) is 9.65. The molecule has 1 aliphatic heterocycles. The number of ether oxygens (including phenoxy) is 3. The maximum absolute atomic E-state index is 12.9. The minimum atomic E-state index is -1.66. The van der Waals surface area contributed by atoms with E-state index in [-0.39, 0.29) is 12.2 Å². The summed E-state index contributed by atoms with van der Waals surface area (Å²) in [6.45, 7) is 11.9. The Morgan fingerprint density at radius 1 is 1.31 bits per heavy atom. The van der Waals surface area contributed by atoms with E-state index in [9.17, 15) is 19.2 Å². The first-order chi connectivity index (χ1) is 13.5. The normalized spacial score (nSPS) is 36.6. The van der Waals surface area contributed by atoms with Gasteiger partial charge in [0.25, 0.3) is 0 Å². The Balaban J connectivity index is 2.10. The maximum Gasteiger partial charge on any atom is 0.351 e. The van der Waals surface area contributed by atoms with Gasteiger partial charge in [-0.25, -0.2) is 9.59 Å². The Bertz CT molecular complexity index is 864. The van der Waals surface area contributed by atoms with Crippen LogP contribution in [0.25, 0.3) is 0 Å². The molecule has 0 N–H and O–H groups in total. The summed E-state index contributed by atoms with van der Waals surface area (Å²) in [5.41, 5.74) is 0.0676. The van der Waals surface area contributed by atoms with Crippen LogP contribution in [0.5, 0.6) is 0 Å². The van der Waals surface area contributed by atoms with Gasteiger partial charge in [0.15, 0.2) is 5.78 Å². The van der Waals surface area contributed by atoms with Crippen molar-refractivity contribution in [2.24, 2.45) is 17.8 Å². The maximum atomic E-state index is 12.9. The highest BCUT2D eigenvalue weighted by Crippen LogP contribution is 2.52. The SMILES string of the molecule is C=C1CC(OC(C)=O)C2C(OC(=O)C2(C)OC(=O)C(C)=CC)C2C(C)=CC(=O)C12. The lowest BCUT2D eigenvalue weighted by Gasteiger charge is -2.34. The zero-order chi connectivity index (χ0) is 21.7. The Hall–Kier alpha value is -2.70. The van der Waals surface area contributed by atoms with Crippen molar-refractivity contribution in [3.63, 3.8) is 0 Å². The Morgan fingerprint density at radius 2 is 1.97 bits per heavy atom. The zero-order valence-corrected chi connectivity index (χ0v) is 17.3. The summed E-state index contributed by atoms with van der Waals surface area (Å²) in [4.78, 5) is 49.8. The van der Waals surface area contributed by atoms with Gasteiger partial charge in [0.1, 0.15) is 12.2 Å². The molecule has 6 atom stereocenters. The second kappa shape index (κ2) is 7.28. The summed E-state index contributed by atoms with van der Waals surface area (Å²) in [6, 6.07) is 0. The van der Waals surface area contributed by atoms with Gasteiger partial charge in [0, 0.05) is 24.8 Å². The molecule has 0 bridgehead atoms. The van der Waals surface area contributed by atoms with Crippen molar-refractivity contribution in [2.45, 2.75) is 58.8 Å². The van der Waals surface area contributed by atoms with Crippen LogP contribution in [0, 0.1) is 17.8 Å². The summed E-state index contributed by atoms with van der Waals surface area (Å²) in [7, 11) is 0. The number of allylic oxidation sites excluding steroid dienone is 2. The fraction of sp³-hybridized carbons (Fsp3) is 0.545. The van der Waals surface area contributed by atoms with Crippen molar-refractivity contribution in [1.29, 1.82) is 0 Å². The average Bonchev–Trinajstić information content (AvgIpc) is 3.00. The predicted molar refractivity (Wildman–Crippen MR) is 102 cm³/mol. The van der Waals surface area contributed by atoms with E-state index in [1.165, 1.54) is 13.8 Å². The molecule has 2 aliphatic carbocycles. The van der Waals surface area contributed by atoms with Crippen LogP contribution < -0.4 is 0 Å². The second-order valence-electron chi connectivity index (χ2n) is 8.17. The number of ketones is 1. The van der Waals surface area contributed by atoms with Crippen molar-refractivity contribution in [1.82, 2.24) is 0 Å². The topological polar surface area (TPSA) is 96.0 Å². The van der Waals surface area contributed by atoms with Crippen LogP contribution in [-0.2, 0) is 33.4 Å². The molecule has 1 saturated carbocycles. The van der Waals surface area contributed by atoms with Crippen LogP contribution in [0.2, 0.25) is 0 Å². The molecule has 6 unspecified atom stereocenters. The molecule has 7 nitrogen and oxygen atoms in total. The van der Waals surface area contributed by atoms with Crippen LogP contribution in [0.15, 0.2) is 35.5 Å². The van der Waals surface area contributed by atoms with Crippen LogP contribution in [0.3, 0.4) is 0 Å². The minimum absolute atomic E-state index is 0.105. The lowest BCUT2D eigenvalue weighted by atomic mass is 9.76. The monoisotopic (exact) mass is 402 g/mol. The van der Waals surface area contributed by atoms with Crippen molar-refractivity contribution in [3.05, 3.63) is 35.5 Å². The minimum Gasteiger partial charge on any atom is -0.462 e. The van der Waals surface area contributed by atoms with Gasteiger partial charge in [-0.1, -0.05) is 23.8 Å². The molecule has 3 aliphatic rings. The lowest BCUT2D eigenvalue weighted by molar-refractivity contribution is -0.175. The molecule has 0 aromatic rings. The quantitative estimate of drug-likeness (QED) is 0.310.